The van der Waals surface area contributed by atoms with Gasteiger partial charge in [0.15, 0.2) is 0 Å². The number of hydrogen-bond acceptors (Lipinski definition) is 0. The fraction of sp³-hybridized carbons (Fsp3) is 0.143. The summed E-state index contributed by atoms with van der Waals surface area (Å²) in [4.78, 5) is 0. The summed E-state index contributed by atoms with van der Waals surface area (Å²) in [7, 11) is 0. The van der Waals surface area contributed by atoms with Crippen LogP contribution in [0.4, 0.5) is 8.78 Å². The fourth-order valence-corrected chi connectivity index (χ4v) is 2.44. The first-order valence-electron chi connectivity index (χ1n) is 5.44. The van der Waals surface area contributed by atoms with Crippen molar-refractivity contribution in [1.82, 2.24) is 0 Å². The van der Waals surface area contributed by atoms with Gasteiger partial charge in [0.05, 0.1) is 10.4 Å². The van der Waals surface area contributed by atoms with E-state index in [2.05, 4.69) is 15.9 Å². The molecule has 1 atom stereocenters. The van der Waals surface area contributed by atoms with Crippen LogP contribution in [0.3, 0.4) is 0 Å². The van der Waals surface area contributed by atoms with Gasteiger partial charge in [0, 0.05) is 10.0 Å². The van der Waals surface area contributed by atoms with E-state index in [-0.39, 0.29) is 11.1 Å². The Kier molecular flexibility index (Phi) is 4.49. The summed E-state index contributed by atoms with van der Waals surface area (Å²) in [6, 6.07) is 7.32. The highest BCUT2D eigenvalue weighted by Gasteiger charge is 2.18. The van der Waals surface area contributed by atoms with Crippen LogP contribution in [0.1, 0.15) is 22.1 Å². The Labute approximate surface area is 128 Å². The smallest absolute Gasteiger partial charge is 0.128 e. The van der Waals surface area contributed by atoms with Crippen molar-refractivity contribution < 1.29 is 8.78 Å². The van der Waals surface area contributed by atoms with E-state index in [1.54, 1.807) is 18.2 Å². The molecule has 0 fully saturated rings. The number of alkyl halides is 1. The average Bonchev–Trinajstić information content (AvgIpc) is 2.36. The van der Waals surface area contributed by atoms with Crippen molar-refractivity contribution in [3.05, 3.63) is 68.2 Å². The van der Waals surface area contributed by atoms with Crippen molar-refractivity contribution in [2.75, 3.05) is 0 Å². The van der Waals surface area contributed by atoms with Crippen LogP contribution in [-0.2, 0) is 0 Å². The van der Waals surface area contributed by atoms with E-state index in [0.29, 0.717) is 10.6 Å². The first-order chi connectivity index (χ1) is 8.90. The van der Waals surface area contributed by atoms with Gasteiger partial charge >= 0.3 is 0 Å². The second kappa shape index (κ2) is 5.78. The molecular formula is C14H9BrCl2F2. The van der Waals surface area contributed by atoms with Crippen LogP contribution in [-0.4, -0.2) is 0 Å². The lowest BCUT2D eigenvalue weighted by Crippen LogP contribution is -2.00. The van der Waals surface area contributed by atoms with Crippen LogP contribution in [0.15, 0.2) is 34.8 Å². The SMILES string of the molecule is Cc1cc(F)c(C(Cl)c2ccc(Br)c(Cl)c2)cc1F. The van der Waals surface area contributed by atoms with E-state index in [9.17, 15) is 8.78 Å². The van der Waals surface area contributed by atoms with Crippen LogP contribution in [0.5, 0.6) is 0 Å². The van der Waals surface area contributed by atoms with Crippen LogP contribution < -0.4 is 0 Å². The summed E-state index contributed by atoms with van der Waals surface area (Å²) in [5, 5.41) is -0.322. The highest BCUT2D eigenvalue weighted by atomic mass is 79.9. The summed E-state index contributed by atoms with van der Waals surface area (Å²) in [5.74, 6) is -1.01. The standard InChI is InChI=1S/C14H9BrCl2F2/c1-7-4-13(19)9(6-12(7)18)14(17)8-2-3-10(15)11(16)5-8/h2-6,14H,1H3. The average molecular weight is 366 g/mol. The predicted molar refractivity (Wildman–Crippen MR) is 77.9 cm³/mol. The number of hydrogen-bond donors (Lipinski definition) is 0. The molecule has 0 bridgehead atoms. The molecule has 2 rings (SSSR count). The van der Waals surface area contributed by atoms with E-state index in [1.807, 2.05) is 0 Å². The molecule has 100 valence electrons. The fourth-order valence-electron chi connectivity index (χ4n) is 1.71. The molecule has 0 spiro atoms. The highest BCUT2D eigenvalue weighted by Crippen LogP contribution is 2.34. The lowest BCUT2D eigenvalue weighted by molar-refractivity contribution is 0.580. The minimum atomic E-state index is -0.791. The lowest BCUT2D eigenvalue weighted by atomic mass is 10.0. The molecule has 1 unspecified atom stereocenters. The van der Waals surface area contributed by atoms with Gasteiger partial charge in [-0.1, -0.05) is 17.7 Å². The maximum absolute atomic E-state index is 13.9. The molecule has 0 aliphatic carbocycles. The summed E-state index contributed by atoms with van der Waals surface area (Å²) in [6.07, 6.45) is 0. The molecule has 0 aliphatic rings. The van der Waals surface area contributed by atoms with E-state index >= 15 is 0 Å². The largest absolute Gasteiger partial charge is 0.207 e. The second-order valence-electron chi connectivity index (χ2n) is 4.16. The van der Waals surface area contributed by atoms with E-state index in [0.717, 1.165) is 16.6 Å². The lowest BCUT2D eigenvalue weighted by Gasteiger charge is -2.13. The van der Waals surface area contributed by atoms with Gasteiger partial charge in [0.2, 0.25) is 0 Å². The molecule has 0 heterocycles. The van der Waals surface area contributed by atoms with Crippen molar-refractivity contribution in [2.45, 2.75) is 12.3 Å². The summed E-state index contributed by atoms with van der Waals surface area (Å²) >= 11 is 15.4. The van der Waals surface area contributed by atoms with Gasteiger partial charge in [0.1, 0.15) is 11.6 Å². The van der Waals surface area contributed by atoms with Crippen molar-refractivity contribution in [3.8, 4) is 0 Å². The van der Waals surface area contributed by atoms with E-state index in [1.165, 1.54) is 6.92 Å². The van der Waals surface area contributed by atoms with Crippen molar-refractivity contribution in [1.29, 1.82) is 0 Å². The van der Waals surface area contributed by atoms with Crippen LogP contribution in [0, 0.1) is 18.6 Å². The van der Waals surface area contributed by atoms with Gasteiger partial charge in [-0.25, -0.2) is 8.78 Å². The van der Waals surface area contributed by atoms with E-state index < -0.39 is 17.0 Å². The molecule has 5 heteroatoms. The first-order valence-corrected chi connectivity index (χ1v) is 7.05. The quantitative estimate of drug-likeness (QED) is 0.571. The summed E-state index contributed by atoms with van der Waals surface area (Å²) in [6.45, 7) is 1.50. The number of benzene rings is 2. The van der Waals surface area contributed by atoms with E-state index in [4.69, 9.17) is 23.2 Å². The van der Waals surface area contributed by atoms with Crippen molar-refractivity contribution >= 4 is 39.1 Å². The highest BCUT2D eigenvalue weighted by molar-refractivity contribution is 9.10. The summed E-state index contributed by atoms with van der Waals surface area (Å²) in [5.41, 5.74) is 0.958. The minimum Gasteiger partial charge on any atom is -0.207 e. The van der Waals surface area contributed by atoms with Crippen molar-refractivity contribution in [2.24, 2.45) is 0 Å². The Hall–Kier alpha value is -0.640. The minimum absolute atomic E-state index is 0.100. The molecule has 0 aromatic heterocycles. The third-order valence-electron chi connectivity index (χ3n) is 2.79. The van der Waals surface area contributed by atoms with Crippen molar-refractivity contribution in [3.63, 3.8) is 0 Å². The molecule has 0 nitrogen and oxygen atoms in total. The molecule has 0 aliphatic heterocycles. The van der Waals surface area contributed by atoms with Gasteiger partial charge in [-0.3, -0.25) is 0 Å². The van der Waals surface area contributed by atoms with Gasteiger partial charge in [-0.2, -0.15) is 0 Å². The third kappa shape index (κ3) is 3.10. The molecule has 19 heavy (non-hydrogen) atoms. The second-order valence-corrected chi connectivity index (χ2v) is 5.86. The Balaban J connectivity index is 2.46. The zero-order valence-corrected chi connectivity index (χ0v) is 13.0. The molecule has 0 saturated heterocycles. The Bertz CT molecular complexity index is 629. The monoisotopic (exact) mass is 364 g/mol. The van der Waals surface area contributed by atoms with Gasteiger partial charge in [-0.15, -0.1) is 11.6 Å². The topological polar surface area (TPSA) is 0 Å². The molecule has 2 aromatic rings. The zero-order valence-electron chi connectivity index (χ0n) is 9.85. The maximum atomic E-state index is 13.9. The Morgan fingerprint density at radius 2 is 1.79 bits per heavy atom. The molecule has 0 saturated carbocycles. The number of rotatable bonds is 2. The molecular weight excluding hydrogens is 357 g/mol. The number of halogens is 5. The van der Waals surface area contributed by atoms with Crippen LogP contribution in [0.2, 0.25) is 5.02 Å². The molecule has 0 radical (unpaired) electrons. The van der Waals surface area contributed by atoms with Crippen LogP contribution >= 0.6 is 39.1 Å². The Morgan fingerprint density at radius 3 is 2.42 bits per heavy atom. The van der Waals surface area contributed by atoms with Gasteiger partial charge in [0.25, 0.3) is 0 Å². The number of aryl methyl sites for hydroxylation is 1. The van der Waals surface area contributed by atoms with Gasteiger partial charge in [-0.05, 0) is 58.2 Å². The predicted octanol–water partition coefficient (Wildman–Crippen LogP) is 6.02. The third-order valence-corrected chi connectivity index (χ3v) is 4.51. The van der Waals surface area contributed by atoms with Gasteiger partial charge < -0.3 is 0 Å². The maximum Gasteiger partial charge on any atom is 0.128 e. The molecule has 2 aromatic carbocycles. The summed E-state index contributed by atoms with van der Waals surface area (Å²) < 4.78 is 28.1. The normalized spacial score (nSPS) is 12.5. The Morgan fingerprint density at radius 1 is 1.11 bits per heavy atom. The van der Waals surface area contributed by atoms with Crippen LogP contribution in [0.25, 0.3) is 0 Å². The first kappa shape index (κ1) is 14.8. The zero-order chi connectivity index (χ0) is 14.2. The molecule has 0 amide bonds. The molecule has 0 N–H and O–H groups in total.